The van der Waals surface area contributed by atoms with Gasteiger partial charge in [-0.15, -0.1) is 0 Å². The van der Waals surface area contributed by atoms with Gasteiger partial charge in [0, 0.05) is 0 Å². The molecule has 0 aliphatic carbocycles. The van der Waals surface area contributed by atoms with Crippen molar-refractivity contribution in [1.82, 2.24) is 0 Å². The Morgan fingerprint density at radius 1 is 1.00 bits per heavy atom. The molecule has 16 heavy (non-hydrogen) atoms. The number of carbonyl (C=O) groups excluding carboxylic acids is 2. The van der Waals surface area contributed by atoms with E-state index < -0.39 is 11.9 Å². The zero-order valence-corrected chi connectivity index (χ0v) is 9.62. The Hall–Kier alpha value is -1.26. The topological polar surface area (TPSA) is 52.6 Å². The third-order valence-corrected chi connectivity index (χ3v) is 1.92. The van der Waals surface area contributed by atoms with Gasteiger partial charge in [0.2, 0.25) is 0 Å². The lowest BCUT2D eigenvalue weighted by Gasteiger charge is -2.03. The van der Waals surface area contributed by atoms with Crippen molar-refractivity contribution in [2.24, 2.45) is 0 Å². The molecule has 0 aromatic heterocycles. The SMILES string of the molecule is O=C(OCCl)c1cccc(C(=O)OCCl)c1. The van der Waals surface area contributed by atoms with E-state index in [4.69, 9.17) is 23.2 Å². The van der Waals surface area contributed by atoms with E-state index in [9.17, 15) is 9.59 Å². The fraction of sp³-hybridized carbons (Fsp3) is 0.200. The minimum absolute atomic E-state index is 0.227. The van der Waals surface area contributed by atoms with Gasteiger partial charge in [-0.1, -0.05) is 29.3 Å². The van der Waals surface area contributed by atoms with Crippen molar-refractivity contribution in [3.05, 3.63) is 35.4 Å². The minimum Gasteiger partial charge on any atom is -0.446 e. The molecule has 0 amide bonds. The van der Waals surface area contributed by atoms with E-state index in [0.29, 0.717) is 0 Å². The van der Waals surface area contributed by atoms with Crippen molar-refractivity contribution in [2.45, 2.75) is 0 Å². The van der Waals surface area contributed by atoms with E-state index in [1.807, 2.05) is 0 Å². The van der Waals surface area contributed by atoms with Crippen molar-refractivity contribution in [3.8, 4) is 0 Å². The summed E-state index contributed by atoms with van der Waals surface area (Å²) in [7, 11) is 0. The zero-order chi connectivity index (χ0) is 12.0. The molecule has 0 spiro atoms. The fourth-order valence-electron chi connectivity index (χ4n) is 1.04. The van der Waals surface area contributed by atoms with Gasteiger partial charge in [-0.3, -0.25) is 0 Å². The first-order valence-corrected chi connectivity index (χ1v) is 5.32. The second kappa shape index (κ2) is 6.35. The van der Waals surface area contributed by atoms with Crippen LogP contribution in [-0.2, 0) is 9.47 Å². The summed E-state index contributed by atoms with van der Waals surface area (Å²) >= 11 is 10.5. The standard InChI is InChI=1S/C10H8Cl2O4/c11-5-15-9(13)7-2-1-3-8(4-7)10(14)16-6-12/h1-4H,5-6H2. The van der Waals surface area contributed by atoms with Crippen LogP contribution in [0.2, 0.25) is 0 Å². The van der Waals surface area contributed by atoms with Crippen molar-refractivity contribution >= 4 is 35.1 Å². The summed E-state index contributed by atoms with van der Waals surface area (Å²) in [5.74, 6) is -1.20. The maximum atomic E-state index is 11.3. The molecule has 0 unspecified atom stereocenters. The Morgan fingerprint density at radius 2 is 1.44 bits per heavy atom. The van der Waals surface area contributed by atoms with E-state index in [1.54, 1.807) is 0 Å². The van der Waals surface area contributed by atoms with Crippen LogP contribution in [0, 0.1) is 0 Å². The van der Waals surface area contributed by atoms with Crippen molar-refractivity contribution in [3.63, 3.8) is 0 Å². The highest BCUT2D eigenvalue weighted by Crippen LogP contribution is 2.08. The van der Waals surface area contributed by atoms with Crippen LogP contribution >= 0.6 is 23.2 Å². The summed E-state index contributed by atoms with van der Waals surface area (Å²) in [5.41, 5.74) is 0.453. The second-order valence-corrected chi connectivity index (χ2v) is 3.10. The Kier molecular flexibility index (Phi) is 5.08. The van der Waals surface area contributed by atoms with Crippen LogP contribution in [0.1, 0.15) is 20.7 Å². The van der Waals surface area contributed by atoms with E-state index in [1.165, 1.54) is 24.3 Å². The summed E-state index contributed by atoms with van der Waals surface area (Å²) in [4.78, 5) is 22.6. The highest BCUT2D eigenvalue weighted by molar-refractivity contribution is 6.18. The van der Waals surface area contributed by atoms with Gasteiger partial charge >= 0.3 is 11.9 Å². The van der Waals surface area contributed by atoms with E-state index in [0.717, 1.165) is 0 Å². The number of ether oxygens (including phenoxy) is 2. The Bertz CT molecular complexity index is 359. The Balaban J connectivity index is 2.86. The number of carbonyl (C=O) groups is 2. The molecule has 0 N–H and O–H groups in total. The van der Waals surface area contributed by atoms with Gasteiger partial charge in [0.15, 0.2) is 12.1 Å². The van der Waals surface area contributed by atoms with Gasteiger partial charge in [-0.05, 0) is 18.2 Å². The molecule has 0 heterocycles. The first-order valence-electron chi connectivity index (χ1n) is 4.25. The molecule has 0 saturated carbocycles. The third-order valence-electron chi connectivity index (χ3n) is 1.71. The molecule has 0 atom stereocenters. The van der Waals surface area contributed by atoms with E-state index in [2.05, 4.69) is 9.47 Å². The van der Waals surface area contributed by atoms with Crippen molar-refractivity contribution < 1.29 is 19.1 Å². The molecule has 1 rings (SSSR count). The summed E-state index contributed by atoms with van der Waals surface area (Å²) in [6.07, 6.45) is 0. The molecule has 0 radical (unpaired) electrons. The lowest BCUT2D eigenvalue weighted by molar-refractivity contribution is 0.0573. The van der Waals surface area contributed by atoms with Crippen LogP contribution in [-0.4, -0.2) is 24.1 Å². The Morgan fingerprint density at radius 3 is 1.81 bits per heavy atom. The predicted octanol–water partition coefficient (Wildman–Crippen LogP) is 2.39. The van der Waals surface area contributed by atoms with Gasteiger partial charge < -0.3 is 9.47 Å². The molecule has 0 aliphatic heterocycles. The molecule has 0 aliphatic rings. The molecule has 1 aromatic rings. The number of rotatable bonds is 4. The van der Waals surface area contributed by atoms with E-state index in [-0.39, 0.29) is 23.3 Å². The summed E-state index contributed by atoms with van der Waals surface area (Å²) in [5, 5.41) is 0. The average Bonchev–Trinajstić information content (AvgIpc) is 2.30. The molecule has 1 aromatic carbocycles. The normalized spacial score (nSPS) is 9.62. The summed E-state index contributed by atoms with van der Waals surface area (Å²) < 4.78 is 9.14. The van der Waals surface area contributed by atoms with Gasteiger partial charge in [0.05, 0.1) is 11.1 Å². The minimum atomic E-state index is -0.601. The molecule has 0 bridgehead atoms. The van der Waals surface area contributed by atoms with Crippen LogP contribution in [0.15, 0.2) is 24.3 Å². The molecule has 4 nitrogen and oxygen atoms in total. The van der Waals surface area contributed by atoms with Crippen LogP contribution in [0.5, 0.6) is 0 Å². The number of halogens is 2. The van der Waals surface area contributed by atoms with Gasteiger partial charge in [-0.25, -0.2) is 9.59 Å². The molecular weight excluding hydrogens is 255 g/mol. The van der Waals surface area contributed by atoms with Crippen molar-refractivity contribution in [2.75, 3.05) is 12.1 Å². The first kappa shape index (κ1) is 12.8. The maximum absolute atomic E-state index is 11.3. The quantitative estimate of drug-likeness (QED) is 0.618. The number of alkyl halides is 2. The molecule has 6 heteroatoms. The van der Waals surface area contributed by atoms with Crippen LogP contribution in [0.25, 0.3) is 0 Å². The van der Waals surface area contributed by atoms with Crippen molar-refractivity contribution in [1.29, 1.82) is 0 Å². The average molecular weight is 263 g/mol. The largest absolute Gasteiger partial charge is 0.446 e. The maximum Gasteiger partial charge on any atom is 0.339 e. The first-order chi connectivity index (χ1) is 7.69. The zero-order valence-electron chi connectivity index (χ0n) is 8.11. The number of esters is 2. The number of benzene rings is 1. The summed E-state index contributed by atoms with van der Waals surface area (Å²) in [6.45, 7) is 0. The molecular formula is C10H8Cl2O4. The summed E-state index contributed by atoms with van der Waals surface area (Å²) in [6, 6.07) is 5.42. The highest BCUT2D eigenvalue weighted by atomic mass is 35.5. The smallest absolute Gasteiger partial charge is 0.339 e. The third kappa shape index (κ3) is 3.40. The highest BCUT2D eigenvalue weighted by Gasteiger charge is 2.11. The van der Waals surface area contributed by atoms with E-state index >= 15 is 0 Å². The molecule has 86 valence electrons. The Labute approximate surface area is 102 Å². The molecule has 0 fully saturated rings. The van der Waals surface area contributed by atoms with Crippen LogP contribution < -0.4 is 0 Å². The fourth-order valence-corrected chi connectivity index (χ4v) is 1.24. The van der Waals surface area contributed by atoms with Crippen LogP contribution in [0.3, 0.4) is 0 Å². The predicted molar refractivity (Wildman–Crippen MR) is 58.7 cm³/mol. The second-order valence-electron chi connectivity index (χ2n) is 2.66. The number of hydrogen-bond donors (Lipinski definition) is 0. The lowest BCUT2D eigenvalue weighted by Crippen LogP contribution is -2.08. The van der Waals surface area contributed by atoms with Crippen LogP contribution in [0.4, 0.5) is 0 Å². The lowest BCUT2D eigenvalue weighted by atomic mass is 10.1. The van der Waals surface area contributed by atoms with Gasteiger partial charge in [-0.2, -0.15) is 0 Å². The van der Waals surface area contributed by atoms with Gasteiger partial charge in [0.1, 0.15) is 0 Å². The number of hydrogen-bond acceptors (Lipinski definition) is 4. The van der Waals surface area contributed by atoms with Gasteiger partial charge in [0.25, 0.3) is 0 Å². The monoisotopic (exact) mass is 262 g/mol. The molecule has 0 saturated heterocycles.